The molecule has 6 heterocycles. The molecule has 3 aromatic heterocycles. The number of nitrogens with zero attached hydrogens (tertiary/aromatic N) is 6. The zero-order valence-corrected chi connectivity index (χ0v) is 31.4. The molecule has 56 heavy (non-hydrogen) atoms. The summed E-state index contributed by atoms with van der Waals surface area (Å²) in [4.78, 5) is 80.0. The molecule has 0 aliphatic carbocycles. The van der Waals surface area contributed by atoms with Crippen molar-refractivity contribution < 1.29 is 24.0 Å². The number of nitrogens with one attached hydrogen (secondary N) is 2. The number of carbonyl (C=O) groups is 5. The van der Waals surface area contributed by atoms with Gasteiger partial charge in [0.1, 0.15) is 17.6 Å². The highest BCUT2D eigenvalue weighted by Gasteiger charge is 2.39. The summed E-state index contributed by atoms with van der Waals surface area (Å²) < 4.78 is 2.26. The van der Waals surface area contributed by atoms with Gasteiger partial charge in [-0.05, 0) is 47.7 Å². The lowest BCUT2D eigenvalue weighted by atomic mass is 10.0. The Labute approximate surface area is 323 Å². The summed E-state index contributed by atoms with van der Waals surface area (Å²) in [5, 5.41) is 7.13. The van der Waals surface area contributed by atoms with E-state index in [0.717, 1.165) is 50.4 Å². The minimum Gasteiger partial charge on any atom is -0.350 e. The molecule has 8 rings (SSSR count). The predicted molar refractivity (Wildman–Crippen MR) is 208 cm³/mol. The monoisotopic (exact) mass is 748 g/mol. The lowest BCUT2D eigenvalue weighted by Gasteiger charge is -2.29. The van der Waals surface area contributed by atoms with E-state index in [2.05, 4.69) is 51.9 Å². The molecule has 0 bridgehead atoms. The Bertz CT molecular complexity index is 2510. The first kappa shape index (κ1) is 36.3. The van der Waals surface area contributed by atoms with Crippen molar-refractivity contribution in [1.82, 2.24) is 40.0 Å². The van der Waals surface area contributed by atoms with E-state index < -0.39 is 11.9 Å². The molecule has 5 amide bonds. The maximum atomic E-state index is 13.1. The van der Waals surface area contributed by atoms with Crippen molar-refractivity contribution >= 4 is 40.3 Å². The van der Waals surface area contributed by atoms with E-state index >= 15 is 0 Å². The Morgan fingerprint density at radius 2 is 1.80 bits per heavy atom. The quantitative estimate of drug-likeness (QED) is 0.139. The van der Waals surface area contributed by atoms with Crippen LogP contribution in [0.4, 0.5) is 0 Å². The molecule has 1 fully saturated rings. The van der Waals surface area contributed by atoms with Gasteiger partial charge in [-0.1, -0.05) is 50.0 Å². The molecule has 1 atom stereocenters. The second-order valence-corrected chi connectivity index (χ2v) is 14.6. The summed E-state index contributed by atoms with van der Waals surface area (Å²) >= 11 is 0. The normalized spacial score (nSPS) is 16.4. The molecule has 3 aliphatic rings. The van der Waals surface area contributed by atoms with Gasteiger partial charge in [0.15, 0.2) is 0 Å². The number of piperidine rings is 1. The highest BCUT2D eigenvalue weighted by Crippen LogP contribution is 2.36. The van der Waals surface area contributed by atoms with Crippen molar-refractivity contribution in [3.8, 4) is 34.4 Å². The van der Waals surface area contributed by atoms with Crippen LogP contribution in [-0.4, -0.2) is 78.0 Å². The van der Waals surface area contributed by atoms with E-state index in [1.54, 1.807) is 31.3 Å². The van der Waals surface area contributed by atoms with Crippen molar-refractivity contribution in [3.63, 3.8) is 0 Å². The number of rotatable bonds is 7. The second-order valence-electron chi connectivity index (χ2n) is 14.6. The molecule has 1 unspecified atom stereocenters. The van der Waals surface area contributed by atoms with E-state index in [9.17, 15) is 24.0 Å². The Hall–Kier alpha value is -6.68. The molecule has 13 nitrogen and oxygen atoms in total. The Balaban J connectivity index is 0.916. The van der Waals surface area contributed by atoms with Crippen molar-refractivity contribution in [1.29, 1.82) is 0 Å². The fourth-order valence-corrected chi connectivity index (χ4v) is 7.73. The third-order valence-corrected chi connectivity index (χ3v) is 10.7. The van der Waals surface area contributed by atoms with Gasteiger partial charge in [-0.25, -0.2) is 4.98 Å². The zero-order valence-electron chi connectivity index (χ0n) is 31.4. The number of amides is 5. The number of imide groups is 1. The first-order chi connectivity index (χ1) is 27.1. The lowest BCUT2D eigenvalue weighted by Crippen LogP contribution is -2.52. The minimum absolute atomic E-state index is 0.0519. The summed E-state index contributed by atoms with van der Waals surface area (Å²) in [5.74, 6) is 6.14. The van der Waals surface area contributed by atoms with Crippen LogP contribution in [0.3, 0.4) is 0 Å². The summed E-state index contributed by atoms with van der Waals surface area (Å²) in [6.07, 6.45) is 4.35. The van der Waals surface area contributed by atoms with E-state index in [4.69, 9.17) is 9.97 Å². The third-order valence-electron chi connectivity index (χ3n) is 10.7. The fourth-order valence-electron chi connectivity index (χ4n) is 7.73. The average Bonchev–Trinajstić information content (AvgIpc) is 3.75. The van der Waals surface area contributed by atoms with Gasteiger partial charge in [-0.2, -0.15) is 0 Å². The van der Waals surface area contributed by atoms with Crippen LogP contribution in [0.2, 0.25) is 0 Å². The van der Waals surface area contributed by atoms with Gasteiger partial charge in [0, 0.05) is 91.9 Å². The summed E-state index contributed by atoms with van der Waals surface area (Å²) in [5.41, 5.74) is 6.58. The van der Waals surface area contributed by atoms with Gasteiger partial charge < -0.3 is 19.7 Å². The van der Waals surface area contributed by atoms with Gasteiger partial charge in [0.25, 0.3) is 11.8 Å². The third kappa shape index (κ3) is 6.79. The maximum absolute atomic E-state index is 13.1. The van der Waals surface area contributed by atoms with Crippen LogP contribution in [0.5, 0.6) is 0 Å². The second kappa shape index (κ2) is 14.9. The van der Waals surface area contributed by atoms with Gasteiger partial charge in [-0.15, -0.1) is 0 Å². The molecule has 282 valence electrons. The van der Waals surface area contributed by atoms with Gasteiger partial charge >= 0.3 is 0 Å². The fraction of sp³-hybridized carbons (Fsp3) is 0.302. The standard InChI is InChI=1S/C43H40N8O5/c1-25(2)40-48-39(37-24-49(26(3)52)18-19-50(37)40)30-11-7-10-28-20-35(46-22-32(28)30)29-13-14-34(45-21-29)41(54)44-17-5-4-8-27-9-6-12-31-33(27)23-51(43(31)56)36-15-16-38(53)47-42(36)55/h6-7,9-14,20-22,25,36H,5,15-19,23-24H2,1-3H3,(H,44,54)(H,47,53,55). The van der Waals surface area contributed by atoms with Crippen molar-refractivity contribution in [2.75, 3.05) is 13.1 Å². The Kier molecular flexibility index (Phi) is 9.64. The van der Waals surface area contributed by atoms with Crippen molar-refractivity contribution in [3.05, 3.63) is 101 Å². The van der Waals surface area contributed by atoms with Gasteiger partial charge in [0.05, 0.1) is 23.6 Å². The summed E-state index contributed by atoms with van der Waals surface area (Å²) in [6.45, 7) is 8.31. The molecule has 1 saturated heterocycles. The highest BCUT2D eigenvalue weighted by molar-refractivity contribution is 6.05. The number of hydrogen-bond donors (Lipinski definition) is 2. The number of imidazole rings is 1. The number of benzene rings is 2. The molecule has 5 aromatic rings. The van der Waals surface area contributed by atoms with Crippen LogP contribution in [0, 0.1) is 11.8 Å². The van der Waals surface area contributed by atoms with E-state index in [1.807, 2.05) is 41.4 Å². The summed E-state index contributed by atoms with van der Waals surface area (Å²) in [7, 11) is 0. The minimum atomic E-state index is -0.691. The SMILES string of the molecule is CC(=O)N1CCn2c(C(C)C)nc(-c3cccc4cc(-c5ccc(C(=O)NCCC#Cc6cccc7c6CN(C6CCC(=O)NC6=O)C7=O)nc5)ncc34)c2C1. The van der Waals surface area contributed by atoms with Crippen LogP contribution in [0.1, 0.15) is 89.4 Å². The Morgan fingerprint density at radius 1 is 0.982 bits per heavy atom. The van der Waals surface area contributed by atoms with Crippen LogP contribution in [-0.2, 0) is 34.0 Å². The number of fused-ring (bicyclic) bond motifs is 3. The summed E-state index contributed by atoms with van der Waals surface area (Å²) in [6, 6.07) is 16.2. The number of pyridine rings is 2. The maximum Gasteiger partial charge on any atom is 0.269 e. The molecule has 3 aliphatic heterocycles. The molecule has 0 radical (unpaired) electrons. The van der Waals surface area contributed by atoms with Gasteiger partial charge in [-0.3, -0.25) is 39.3 Å². The molecule has 2 aromatic carbocycles. The van der Waals surface area contributed by atoms with Crippen LogP contribution in [0.25, 0.3) is 33.3 Å². The topological polar surface area (TPSA) is 159 Å². The zero-order chi connectivity index (χ0) is 39.1. The first-order valence-corrected chi connectivity index (χ1v) is 18.8. The molecule has 13 heteroatoms. The average molecular weight is 749 g/mol. The van der Waals surface area contributed by atoms with Crippen LogP contribution in [0.15, 0.2) is 67.0 Å². The highest BCUT2D eigenvalue weighted by atomic mass is 16.2. The molecule has 0 spiro atoms. The van der Waals surface area contributed by atoms with Gasteiger partial charge in [0.2, 0.25) is 17.7 Å². The number of aromatic nitrogens is 4. The first-order valence-electron chi connectivity index (χ1n) is 18.8. The molecular formula is C43H40N8O5. The lowest BCUT2D eigenvalue weighted by molar-refractivity contribution is -0.137. The molecule has 0 saturated carbocycles. The van der Waals surface area contributed by atoms with Crippen LogP contribution >= 0.6 is 0 Å². The largest absolute Gasteiger partial charge is 0.350 e. The number of carbonyl (C=O) groups excluding carboxylic acids is 5. The molecule has 2 N–H and O–H groups in total. The number of hydrogen-bond acceptors (Lipinski definition) is 8. The smallest absolute Gasteiger partial charge is 0.269 e. The van der Waals surface area contributed by atoms with E-state index in [0.29, 0.717) is 50.1 Å². The van der Waals surface area contributed by atoms with Crippen molar-refractivity contribution in [2.24, 2.45) is 0 Å². The van der Waals surface area contributed by atoms with E-state index in [-0.39, 0.29) is 48.2 Å². The van der Waals surface area contributed by atoms with Crippen molar-refractivity contribution in [2.45, 2.75) is 71.6 Å². The predicted octanol–water partition coefficient (Wildman–Crippen LogP) is 4.58. The van der Waals surface area contributed by atoms with E-state index in [1.165, 1.54) is 4.90 Å². The van der Waals surface area contributed by atoms with Crippen LogP contribution < -0.4 is 10.6 Å². The molecular weight excluding hydrogens is 709 g/mol. The Morgan fingerprint density at radius 3 is 2.57 bits per heavy atom.